The van der Waals surface area contributed by atoms with Gasteiger partial charge in [-0.2, -0.15) is 0 Å². The van der Waals surface area contributed by atoms with E-state index < -0.39 is 5.60 Å². The van der Waals surface area contributed by atoms with Crippen LogP contribution in [0.4, 0.5) is 0 Å². The van der Waals surface area contributed by atoms with Crippen LogP contribution in [0.2, 0.25) is 0 Å². The minimum atomic E-state index is -0.919. The summed E-state index contributed by atoms with van der Waals surface area (Å²) in [5, 5.41) is 20.6. The number of rotatable bonds is 0. The normalized spacial score (nSPS) is 42.9. The molecule has 3 unspecified atom stereocenters. The number of fused-ring (bicyclic) bond motifs is 5. The molecular weight excluding hydrogens is 272 g/mol. The van der Waals surface area contributed by atoms with Gasteiger partial charge in [0.05, 0.1) is 0 Å². The number of aliphatic hydroxyl groups is 1. The van der Waals surface area contributed by atoms with E-state index in [1.165, 1.54) is 11.1 Å². The third-order valence-electron chi connectivity index (χ3n) is 7.10. The standard InChI is InChI=1S/C20H24O2/c1-3-20(22)11-9-18-17-6-4-13-12-14(21)5-7-15(13)16(17)8-10-19(18,20)2/h1,5,7,12,16-18,21-22H,4,6,8-11H2,2H3/t16?,17?,18?,19-,20+/m0/s1. The molecule has 0 spiro atoms. The maximum Gasteiger partial charge on any atom is 0.130 e. The largest absolute Gasteiger partial charge is 0.508 e. The van der Waals surface area contributed by atoms with Gasteiger partial charge in [0, 0.05) is 5.41 Å². The molecule has 0 radical (unpaired) electrons. The maximum atomic E-state index is 10.9. The Morgan fingerprint density at radius 3 is 2.82 bits per heavy atom. The van der Waals surface area contributed by atoms with Gasteiger partial charge in [0.1, 0.15) is 11.4 Å². The molecule has 0 amide bonds. The van der Waals surface area contributed by atoms with Gasteiger partial charge in [-0.15, -0.1) is 6.42 Å². The lowest BCUT2D eigenvalue weighted by Crippen LogP contribution is -2.50. The predicted octanol–water partition coefficient (Wildman–Crippen LogP) is 3.61. The van der Waals surface area contributed by atoms with E-state index in [1.54, 1.807) is 0 Å². The lowest BCUT2D eigenvalue weighted by molar-refractivity contribution is -0.0646. The van der Waals surface area contributed by atoms with E-state index in [-0.39, 0.29) is 5.41 Å². The first-order chi connectivity index (χ1) is 10.5. The SMILES string of the molecule is C#C[C@@]1(O)CCC2C3CCc4cc(O)ccc4C3CC[C@@]21C. The molecule has 0 bridgehead atoms. The fourth-order valence-corrected chi connectivity index (χ4v) is 5.82. The minimum absolute atomic E-state index is 0.128. The number of terminal acetylenes is 1. The first-order valence-corrected chi connectivity index (χ1v) is 8.50. The second-order valence-electron chi connectivity index (χ2n) is 7.80. The number of phenolic OH excluding ortho intramolecular Hbond substituents is 1. The third kappa shape index (κ3) is 1.66. The molecule has 22 heavy (non-hydrogen) atoms. The average Bonchev–Trinajstić information content (AvgIpc) is 2.79. The molecule has 0 saturated heterocycles. The van der Waals surface area contributed by atoms with Crippen LogP contribution in [-0.4, -0.2) is 15.8 Å². The zero-order valence-electron chi connectivity index (χ0n) is 13.2. The molecule has 2 fully saturated rings. The van der Waals surface area contributed by atoms with Crippen molar-refractivity contribution in [1.29, 1.82) is 0 Å². The summed E-state index contributed by atoms with van der Waals surface area (Å²) < 4.78 is 0. The molecular formula is C20H24O2. The number of phenols is 1. The van der Waals surface area contributed by atoms with Crippen molar-refractivity contribution in [2.24, 2.45) is 17.3 Å². The van der Waals surface area contributed by atoms with Gasteiger partial charge in [-0.3, -0.25) is 0 Å². The minimum Gasteiger partial charge on any atom is -0.508 e. The number of hydrogen-bond donors (Lipinski definition) is 2. The highest BCUT2D eigenvalue weighted by molar-refractivity contribution is 5.40. The zero-order chi connectivity index (χ0) is 15.5. The van der Waals surface area contributed by atoms with Crippen LogP contribution < -0.4 is 0 Å². The molecule has 2 saturated carbocycles. The van der Waals surface area contributed by atoms with Gasteiger partial charge in [0.2, 0.25) is 0 Å². The van der Waals surface area contributed by atoms with Crippen LogP contribution in [0.25, 0.3) is 0 Å². The van der Waals surface area contributed by atoms with Crippen molar-refractivity contribution in [1.82, 2.24) is 0 Å². The Labute approximate surface area is 132 Å². The van der Waals surface area contributed by atoms with Crippen LogP contribution in [0.1, 0.15) is 56.1 Å². The highest BCUT2D eigenvalue weighted by Crippen LogP contribution is 2.64. The molecule has 1 aromatic carbocycles. The van der Waals surface area contributed by atoms with Gasteiger partial charge in [-0.1, -0.05) is 18.9 Å². The first-order valence-electron chi connectivity index (χ1n) is 8.50. The number of aryl methyl sites for hydroxylation is 1. The average molecular weight is 296 g/mol. The van der Waals surface area contributed by atoms with Crippen molar-refractivity contribution >= 4 is 0 Å². The molecule has 3 aliphatic rings. The predicted molar refractivity (Wildman–Crippen MR) is 86.5 cm³/mol. The fraction of sp³-hybridized carbons (Fsp3) is 0.600. The number of benzene rings is 1. The molecule has 2 heteroatoms. The Morgan fingerprint density at radius 1 is 1.23 bits per heavy atom. The smallest absolute Gasteiger partial charge is 0.130 e. The maximum absolute atomic E-state index is 10.9. The number of hydrogen-bond acceptors (Lipinski definition) is 2. The quantitative estimate of drug-likeness (QED) is 0.718. The van der Waals surface area contributed by atoms with E-state index in [9.17, 15) is 10.2 Å². The molecule has 2 N–H and O–H groups in total. The van der Waals surface area contributed by atoms with Crippen molar-refractivity contribution in [2.75, 3.05) is 0 Å². The number of aromatic hydroxyl groups is 1. The summed E-state index contributed by atoms with van der Waals surface area (Å²) >= 11 is 0. The summed E-state index contributed by atoms with van der Waals surface area (Å²) in [6, 6.07) is 5.87. The van der Waals surface area contributed by atoms with Crippen molar-refractivity contribution in [3.8, 4) is 18.1 Å². The van der Waals surface area contributed by atoms with Gasteiger partial charge in [0.15, 0.2) is 0 Å². The highest BCUT2D eigenvalue weighted by Gasteiger charge is 2.61. The lowest BCUT2D eigenvalue weighted by atomic mass is 9.53. The van der Waals surface area contributed by atoms with Gasteiger partial charge < -0.3 is 10.2 Å². The van der Waals surface area contributed by atoms with Crippen LogP contribution in [0.3, 0.4) is 0 Å². The molecule has 4 rings (SSSR count). The lowest BCUT2D eigenvalue weighted by Gasteiger charge is -2.52. The topological polar surface area (TPSA) is 40.5 Å². The summed E-state index contributed by atoms with van der Waals surface area (Å²) in [5.74, 6) is 4.82. The van der Waals surface area contributed by atoms with Crippen LogP contribution in [-0.2, 0) is 6.42 Å². The van der Waals surface area contributed by atoms with E-state index in [4.69, 9.17) is 6.42 Å². The fourth-order valence-electron chi connectivity index (χ4n) is 5.82. The van der Waals surface area contributed by atoms with Gasteiger partial charge in [0.25, 0.3) is 0 Å². The summed E-state index contributed by atoms with van der Waals surface area (Å²) in [6.45, 7) is 2.22. The van der Waals surface area contributed by atoms with E-state index in [0.29, 0.717) is 23.5 Å². The Balaban J connectivity index is 1.72. The second-order valence-corrected chi connectivity index (χ2v) is 7.80. The molecule has 3 aliphatic carbocycles. The molecule has 0 aliphatic heterocycles. The summed E-state index contributed by atoms with van der Waals surface area (Å²) in [4.78, 5) is 0. The van der Waals surface area contributed by atoms with Crippen LogP contribution in [0.15, 0.2) is 18.2 Å². The summed E-state index contributed by atoms with van der Waals surface area (Å²) in [6.07, 6.45) is 11.8. The van der Waals surface area contributed by atoms with Crippen LogP contribution in [0, 0.1) is 29.6 Å². The molecule has 0 heterocycles. The molecule has 2 nitrogen and oxygen atoms in total. The van der Waals surface area contributed by atoms with Crippen molar-refractivity contribution in [3.63, 3.8) is 0 Å². The summed E-state index contributed by atoms with van der Waals surface area (Å²) in [7, 11) is 0. The zero-order valence-corrected chi connectivity index (χ0v) is 13.2. The van der Waals surface area contributed by atoms with E-state index in [1.807, 2.05) is 12.1 Å². The first kappa shape index (κ1) is 14.2. The van der Waals surface area contributed by atoms with E-state index in [2.05, 4.69) is 18.9 Å². The summed E-state index contributed by atoms with van der Waals surface area (Å²) in [5.41, 5.74) is 1.69. The molecule has 0 aromatic heterocycles. The van der Waals surface area contributed by atoms with Gasteiger partial charge in [-0.05, 0) is 79.5 Å². The third-order valence-corrected chi connectivity index (χ3v) is 7.10. The van der Waals surface area contributed by atoms with Crippen molar-refractivity contribution in [2.45, 2.75) is 57.0 Å². The Morgan fingerprint density at radius 2 is 2.05 bits per heavy atom. The Hall–Kier alpha value is -1.46. The Bertz CT molecular complexity index is 658. The second kappa shape index (κ2) is 4.52. The molecule has 5 atom stereocenters. The molecule has 116 valence electrons. The van der Waals surface area contributed by atoms with E-state index >= 15 is 0 Å². The van der Waals surface area contributed by atoms with Crippen LogP contribution >= 0.6 is 0 Å². The van der Waals surface area contributed by atoms with Gasteiger partial charge in [-0.25, -0.2) is 0 Å². The van der Waals surface area contributed by atoms with E-state index in [0.717, 1.165) is 38.5 Å². The van der Waals surface area contributed by atoms with Crippen LogP contribution in [0.5, 0.6) is 5.75 Å². The van der Waals surface area contributed by atoms with Crippen molar-refractivity contribution < 1.29 is 10.2 Å². The van der Waals surface area contributed by atoms with Gasteiger partial charge >= 0.3 is 0 Å². The monoisotopic (exact) mass is 296 g/mol. The Kier molecular flexibility index (Phi) is 2.91. The molecule has 1 aromatic rings. The highest BCUT2D eigenvalue weighted by atomic mass is 16.3. The van der Waals surface area contributed by atoms with Crippen molar-refractivity contribution in [3.05, 3.63) is 29.3 Å².